The van der Waals surface area contributed by atoms with E-state index in [0.717, 1.165) is 21.9 Å². The summed E-state index contributed by atoms with van der Waals surface area (Å²) in [7, 11) is 1.58. The zero-order valence-electron chi connectivity index (χ0n) is 15.4. The van der Waals surface area contributed by atoms with Crippen molar-refractivity contribution in [1.29, 1.82) is 0 Å². The molecular weight excluding hydrogens is 397 g/mol. The van der Waals surface area contributed by atoms with Crippen molar-refractivity contribution in [1.82, 2.24) is 4.98 Å². The van der Waals surface area contributed by atoms with Crippen molar-refractivity contribution < 1.29 is 23.4 Å². The molecule has 1 aromatic heterocycles. The van der Waals surface area contributed by atoms with E-state index in [1.807, 2.05) is 0 Å². The minimum absolute atomic E-state index is 0.0218. The Morgan fingerprint density at radius 3 is 2.83 bits per heavy atom. The number of ether oxygens (including phenoxy) is 3. The fraction of sp³-hybridized carbons (Fsp3) is 0.150. The maximum atomic E-state index is 13.5. The van der Waals surface area contributed by atoms with Crippen molar-refractivity contribution in [2.24, 2.45) is 5.10 Å². The van der Waals surface area contributed by atoms with Gasteiger partial charge in [0.15, 0.2) is 0 Å². The van der Waals surface area contributed by atoms with Crippen molar-refractivity contribution in [2.45, 2.75) is 0 Å². The molecule has 1 aliphatic rings. The molecule has 148 valence electrons. The SMILES string of the molecule is COc1ccc(/C=N\N(C(=O)C2=COCCO2)c2nc3ccc(F)cc3s2)cc1. The Balaban J connectivity index is 1.70. The van der Waals surface area contributed by atoms with E-state index in [4.69, 9.17) is 14.2 Å². The molecule has 0 N–H and O–H groups in total. The van der Waals surface area contributed by atoms with Gasteiger partial charge in [0.2, 0.25) is 10.9 Å². The van der Waals surface area contributed by atoms with E-state index in [2.05, 4.69) is 10.1 Å². The molecule has 0 aliphatic carbocycles. The van der Waals surface area contributed by atoms with Crippen molar-refractivity contribution in [3.05, 3.63) is 65.9 Å². The first-order valence-electron chi connectivity index (χ1n) is 8.67. The quantitative estimate of drug-likeness (QED) is 0.471. The van der Waals surface area contributed by atoms with Gasteiger partial charge in [-0.15, -0.1) is 0 Å². The maximum Gasteiger partial charge on any atom is 0.319 e. The van der Waals surface area contributed by atoms with Crippen LogP contribution in [0.5, 0.6) is 5.75 Å². The Morgan fingerprint density at radius 1 is 1.28 bits per heavy atom. The molecule has 0 spiro atoms. The molecule has 0 radical (unpaired) electrons. The van der Waals surface area contributed by atoms with Crippen LogP contribution in [0.2, 0.25) is 0 Å². The molecule has 7 nitrogen and oxygen atoms in total. The van der Waals surface area contributed by atoms with Gasteiger partial charge < -0.3 is 14.2 Å². The van der Waals surface area contributed by atoms with Gasteiger partial charge in [0.05, 0.1) is 23.5 Å². The van der Waals surface area contributed by atoms with E-state index in [1.54, 1.807) is 37.4 Å². The van der Waals surface area contributed by atoms with Crippen LogP contribution in [0.4, 0.5) is 9.52 Å². The highest BCUT2D eigenvalue weighted by Gasteiger charge is 2.26. The Kier molecular flexibility index (Phi) is 5.39. The van der Waals surface area contributed by atoms with Crippen molar-refractivity contribution in [3.63, 3.8) is 0 Å². The third kappa shape index (κ3) is 4.19. The van der Waals surface area contributed by atoms with Gasteiger partial charge in [-0.2, -0.15) is 10.1 Å². The van der Waals surface area contributed by atoms with Crippen molar-refractivity contribution >= 4 is 38.8 Å². The fourth-order valence-electron chi connectivity index (χ4n) is 2.56. The van der Waals surface area contributed by atoms with Crippen LogP contribution < -0.4 is 9.75 Å². The lowest BCUT2D eigenvalue weighted by Gasteiger charge is -2.19. The fourth-order valence-corrected chi connectivity index (χ4v) is 3.51. The number of thiazole rings is 1. The first kappa shape index (κ1) is 18.9. The number of carbonyl (C=O) groups is 1. The van der Waals surface area contributed by atoms with Crippen LogP contribution in [-0.4, -0.2) is 37.4 Å². The number of halogens is 1. The van der Waals surface area contributed by atoms with Crippen LogP contribution in [-0.2, 0) is 14.3 Å². The van der Waals surface area contributed by atoms with E-state index in [9.17, 15) is 9.18 Å². The molecule has 2 aromatic carbocycles. The van der Waals surface area contributed by atoms with E-state index in [0.29, 0.717) is 22.6 Å². The molecule has 3 aromatic rings. The average molecular weight is 413 g/mol. The van der Waals surface area contributed by atoms with E-state index >= 15 is 0 Å². The molecule has 0 fully saturated rings. The predicted octanol–water partition coefficient (Wildman–Crippen LogP) is 3.70. The molecule has 4 rings (SSSR count). The van der Waals surface area contributed by atoms with Gasteiger partial charge in [0.25, 0.3) is 0 Å². The molecular formula is C20H16FN3O4S. The van der Waals surface area contributed by atoms with Gasteiger partial charge in [0, 0.05) is 0 Å². The Hall–Kier alpha value is -3.46. The second-order valence-corrected chi connectivity index (χ2v) is 6.95. The minimum atomic E-state index is -0.533. The third-order valence-corrected chi connectivity index (χ3v) is 5.00. The molecule has 1 aliphatic heterocycles. The van der Waals surface area contributed by atoms with Gasteiger partial charge in [-0.25, -0.2) is 9.37 Å². The molecule has 2 heterocycles. The van der Waals surface area contributed by atoms with Crippen LogP contribution >= 0.6 is 11.3 Å². The highest BCUT2D eigenvalue weighted by atomic mass is 32.1. The third-order valence-electron chi connectivity index (χ3n) is 4.01. The molecule has 29 heavy (non-hydrogen) atoms. The van der Waals surface area contributed by atoms with Gasteiger partial charge >= 0.3 is 5.91 Å². The van der Waals surface area contributed by atoms with Gasteiger partial charge in [-0.3, -0.25) is 4.79 Å². The number of rotatable bonds is 5. The number of hydrazone groups is 1. The molecule has 0 saturated heterocycles. The van der Waals surface area contributed by atoms with Crippen LogP contribution in [0.1, 0.15) is 5.56 Å². The number of hydrogen-bond donors (Lipinski definition) is 0. The number of fused-ring (bicyclic) bond motifs is 1. The lowest BCUT2D eigenvalue weighted by atomic mass is 10.2. The van der Waals surface area contributed by atoms with Gasteiger partial charge in [-0.1, -0.05) is 11.3 Å². The van der Waals surface area contributed by atoms with Gasteiger partial charge in [-0.05, 0) is 48.0 Å². The van der Waals surface area contributed by atoms with Crippen LogP contribution in [0, 0.1) is 5.82 Å². The number of carbonyl (C=O) groups excluding carboxylic acids is 1. The summed E-state index contributed by atoms with van der Waals surface area (Å²) in [5.74, 6) is -0.178. The summed E-state index contributed by atoms with van der Waals surface area (Å²) in [5, 5.41) is 5.71. The van der Waals surface area contributed by atoms with Crippen LogP contribution in [0.25, 0.3) is 10.2 Å². The zero-order chi connectivity index (χ0) is 20.2. The normalized spacial score (nSPS) is 13.7. The van der Waals surface area contributed by atoms with Gasteiger partial charge in [0.1, 0.15) is 31.0 Å². The number of benzene rings is 2. The first-order valence-corrected chi connectivity index (χ1v) is 9.49. The highest BCUT2D eigenvalue weighted by molar-refractivity contribution is 7.22. The molecule has 0 unspecified atom stereocenters. The summed E-state index contributed by atoms with van der Waals surface area (Å²) >= 11 is 1.15. The number of anilines is 1. The van der Waals surface area contributed by atoms with Crippen LogP contribution in [0.15, 0.2) is 59.6 Å². The maximum absolute atomic E-state index is 13.5. The monoisotopic (exact) mass is 413 g/mol. The molecule has 0 bridgehead atoms. The van der Waals surface area contributed by atoms with E-state index in [1.165, 1.54) is 24.6 Å². The first-order chi connectivity index (χ1) is 14.1. The van der Waals surface area contributed by atoms with E-state index in [-0.39, 0.29) is 23.3 Å². The zero-order valence-corrected chi connectivity index (χ0v) is 16.2. The molecule has 1 amide bonds. The standard InChI is InChI=1S/C20H16FN3O4S/c1-26-15-5-2-13(3-6-15)11-22-24(19(25)17-12-27-8-9-28-17)20-23-16-7-4-14(21)10-18(16)29-20/h2-7,10-12H,8-9H2,1H3/b22-11-. The highest BCUT2D eigenvalue weighted by Crippen LogP contribution is 2.30. The Labute approximate surface area is 169 Å². The lowest BCUT2D eigenvalue weighted by Crippen LogP contribution is -2.30. The number of hydrogen-bond acceptors (Lipinski definition) is 7. The second-order valence-electron chi connectivity index (χ2n) is 5.94. The van der Waals surface area contributed by atoms with Crippen LogP contribution in [0.3, 0.4) is 0 Å². The average Bonchev–Trinajstić information content (AvgIpc) is 3.17. The molecule has 9 heteroatoms. The summed E-state index contributed by atoms with van der Waals surface area (Å²) in [4.78, 5) is 17.4. The number of amides is 1. The number of methoxy groups -OCH3 is 1. The van der Waals surface area contributed by atoms with Crippen molar-refractivity contribution in [3.8, 4) is 5.75 Å². The second kappa shape index (κ2) is 8.27. The summed E-state index contributed by atoms with van der Waals surface area (Å²) in [6.45, 7) is 0.630. The number of aromatic nitrogens is 1. The summed E-state index contributed by atoms with van der Waals surface area (Å²) in [5.41, 5.74) is 1.32. The minimum Gasteiger partial charge on any atom is -0.497 e. The lowest BCUT2D eigenvalue weighted by molar-refractivity contribution is -0.119. The van der Waals surface area contributed by atoms with E-state index < -0.39 is 5.91 Å². The Morgan fingerprint density at radius 2 is 2.10 bits per heavy atom. The summed E-state index contributed by atoms with van der Waals surface area (Å²) in [6, 6.07) is 11.4. The van der Waals surface area contributed by atoms with Crippen molar-refractivity contribution in [2.75, 3.05) is 25.3 Å². The number of nitrogens with zero attached hydrogens (tertiary/aromatic N) is 3. The smallest absolute Gasteiger partial charge is 0.319 e. The molecule has 0 atom stereocenters. The summed E-state index contributed by atoms with van der Waals surface area (Å²) in [6.07, 6.45) is 2.78. The largest absolute Gasteiger partial charge is 0.497 e. The topological polar surface area (TPSA) is 73.2 Å². The summed E-state index contributed by atoms with van der Waals surface area (Å²) < 4.78 is 29.9. The molecule has 0 saturated carbocycles. The predicted molar refractivity (Wildman–Crippen MR) is 108 cm³/mol. The Bertz CT molecular complexity index is 1090.